The fourth-order valence-corrected chi connectivity index (χ4v) is 2.34. The molecule has 0 saturated heterocycles. The highest BCUT2D eigenvalue weighted by atomic mass is 16.4. The SMILES string of the molecule is Cc1cc(Nc2ccc(C(=O)[O-])cc2)nc(Nc2ccc(C(=O)[O-])cc2)n1. The van der Waals surface area contributed by atoms with E-state index in [1.54, 1.807) is 37.3 Å². The van der Waals surface area contributed by atoms with Crippen molar-refractivity contribution in [2.75, 3.05) is 10.6 Å². The number of carbonyl (C=O) groups is 2. The first-order valence-electron chi connectivity index (χ1n) is 7.93. The fraction of sp³-hybridized carbons (Fsp3) is 0.0526. The van der Waals surface area contributed by atoms with E-state index in [0.717, 1.165) is 0 Å². The topological polar surface area (TPSA) is 130 Å². The van der Waals surface area contributed by atoms with Crippen molar-refractivity contribution in [2.24, 2.45) is 0 Å². The number of benzene rings is 2. The molecule has 0 radical (unpaired) electrons. The number of aromatic nitrogens is 2. The van der Waals surface area contributed by atoms with Crippen molar-refractivity contribution in [1.29, 1.82) is 0 Å². The van der Waals surface area contributed by atoms with Gasteiger partial charge in [-0.15, -0.1) is 0 Å². The smallest absolute Gasteiger partial charge is 0.229 e. The summed E-state index contributed by atoms with van der Waals surface area (Å²) >= 11 is 0. The van der Waals surface area contributed by atoms with E-state index >= 15 is 0 Å². The number of aryl methyl sites for hydroxylation is 1. The highest BCUT2D eigenvalue weighted by Gasteiger charge is 2.05. The first-order valence-corrected chi connectivity index (χ1v) is 7.93. The molecule has 3 rings (SSSR count). The van der Waals surface area contributed by atoms with Crippen LogP contribution in [0.2, 0.25) is 0 Å². The Kier molecular flexibility index (Phi) is 4.98. The molecule has 0 aliphatic carbocycles. The lowest BCUT2D eigenvalue weighted by Crippen LogP contribution is -2.21. The van der Waals surface area contributed by atoms with E-state index in [-0.39, 0.29) is 11.1 Å². The lowest BCUT2D eigenvalue weighted by molar-refractivity contribution is -0.256. The molecule has 0 aliphatic rings. The summed E-state index contributed by atoms with van der Waals surface area (Å²) in [6, 6.07) is 13.8. The summed E-state index contributed by atoms with van der Waals surface area (Å²) in [4.78, 5) is 30.2. The molecule has 1 aromatic heterocycles. The van der Waals surface area contributed by atoms with Crippen molar-refractivity contribution in [1.82, 2.24) is 9.97 Å². The number of nitrogens with zero attached hydrogens (tertiary/aromatic N) is 2. The third kappa shape index (κ3) is 4.57. The second-order valence-corrected chi connectivity index (χ2v) is 5.70. The maximum Gasteiger partial charge on any atom is 0.229 e. The van der Waals surface area contributed by atoms with E-state index in [1.807, 2.05) is 0 Å². The molecule has 8 nitrogen and oxygen atoms in total. The third-order valence-electron chi connectivity index (χ3n) is 3.62. The maximum absolute atomic E-state index is 10.8. The van der Waals surface area contributed by atoms with Gasteiger partial charge in [-0.3, -0.25) is 0 Å². The molecule has 0 spiro atoms. The molecule has 0 saturated carbocycles. The Balaban J connectivity index is 1.77. The number of aromatic carboxylic acids is 2. The second kappa shape index (κ2) is 7.52. The van der Waals surface area contributed by atoms with E-state index in [2.05, 4.69) is 20.6 Å². The summed E-state index contributed by atoms with van der Waals surface area (Å²) in [7, 11) is 0. The summed E-state index contributed by atoms with van der Waals surface area (Å²) in [6.07, 6.45) is 0. The quantitative estimate of drug-likeness (QED) is 0.664. The number of rotatable bonds is 6. The fourth-order valence-electron chi connectivity index (χ4n) is 2.34. The first kappa shape index (κ1) is 17.9. The molecule has 8 heteroatoms. The van der Waals surface area contributed by atoms with Gasteiger partial charge < -0.3 is 30.4 Å². The Labute approximate surface area is 154 Å². The number of hydrogen-bond acceptors (Lipinski definition) is 8. The van der Waals surface area contributed by atoms with Crippen molar-refractivity contribution in [3.05, 3.63) is 71.4 Å². The van der Waals surface area contributed by atoms with Gasteiger partial charge in [-0.05, 0) is 42.3 Å². The summed E-state index contributed by atoms with van der Waals surface area (Å²) in [6.45, 7) is 1.80. The standard InChI is InChI=1S/C19H16N4O4/c1-11-10-16(21-14-6-2-12(3-7-14)17(24)25)23-19(20-11)22-15-8-4-13(5-9-15)18(26)27/h2-10H,1H3,(H,24,25)(H,26,27)(H2,20,21,22,23)/p-2. The minimum atomic E-state index is -1.25. The first-order chi connectivity index (χ1) is 12.9. The van der Waals surface area contributed by atoms with Crippen molar-refractivity contribution in [3.8, 4) is 0 Å². The minimum absolute atomic E-state index is 0.0769. The van der Waals surface area contributed by atoms with Gasteiger partial charge in [-0.2, -0.15) is 4.98 Å². The summed E-state index contributed by atoms with van der Waals surface area (Å²) in [5.74, 6) is -1.65. The molecule has 0 unspecified atom stereocenters. The Morgan fingerprint density at radius 3 is 1.74 bits per heavy atom. The van der Waals surface area contributed by atoms with Crippen molar-refractivity contribution in [2.45, 2.75) is 6.92 Å². The predicted octanol–water partition coefficient (Wildman–Crippen LogP) is 0.999. The van der Waals surface area contributed by atoms with E-state index in [9.17, 15) is 19.8 Å². The van der Waals surface area contributed by atoms with Crippen LogP contribution in [0.4, 0.5) is 23.1 Å². The van der Waals surface area contributed by atoms with Crippen LogP contribution in [0.1, 0.15) is 26.4 Å². The van der Waals surface area contributed by atoms with Crippen LogP contribution in [0.15, 0.2) is 54.6 Å². The van der Waals surface area contributed by atoms with Gasteiger partial charge >= 0.3 is 0 Å². The van der Waals surface area contributed by atoms with Gasteiger partial charge in [0, 0.05) is 23.1 Å². The zero-order valence-corrected chi connectivity index (χ0v) is 14.2. The molecule has 2 aromatic carbocycles. The van der Waals surface area contributed by atoms with Gasteiger partial charge in [0.15, 0.2) is 0 Å². The van der Waals surface area contributed by atoms with Gasteiger partial charge in [0.25, 0.3) is 0 Å². The van der Waals surface area contributed by atoms with Gasteiger partial charge in [0.1, 0.15) is 5.82 Å². The molecule has 0 aliphatic heterocycles. The van der Waals surface area contributed by atoms with Crippen LogP contribution >= 0.6 is 0 Å². The largest absolute Gasteiger partial charge is 0.545 e. The predicted molar refractivity (Wildman–Crippen MR) is 94.9 cm³/mol. The molecule has 3 aromatic rings. The summed E-state index contributed by atoms with van der Waals surface area (Å²) < 4.78 is 0. The van der Waals surface area contributed by atoms with Crippen LogP contribution in [0, 0.1) is 6.92 Å². The van der Waals surface area contributed by atoms with Crippen LogP contribution in [0.25, 0.3) is 0 Å². The van der Waals surface area contributed by atoms with Gasteiger partial charge in [-0.25, -0.2) is 4.98 Å². The van der Waals surface area contributed by atoms with Crippen LogP contribution < -0.4 is 20.8 Å². The highest BCUT2D eigenvalue weighted by Crippen LogP contribution is 2.20. The van der Waals surface area contributed by atoms with Gasteiger partial charge in [0.2, 0.25) is 5.95 Å². The molecular formula is C19H14N4O4-2. The molecule has 2 N–H and O–H groups in total. The number of carboxylic acid groups (broad SMARTS) is 2. The number of hydrogen-bond donors (Lipinski definition) is 2. The van der Waals surface area contributed by atoms with Crippen molar-refractivity contribution >= 4 is 35.1 Å². The van der Waals surface area contributed by atoms with Crippen molar-refractivity contribution < 1.29 is 19.8 Å². The molecule has 0 atom stereocenters. The molecular weight excluding hydrogens is 348 g/mol. The second-order valence-electron chi connectivity index (χ2n) is 5.70. The lowest BCUT2D eigenvalue weighted by Gasteiger charge is -2.11. The average molecular weight is 362 g/mol. The third-order valence-corrected chi connectivity index (χ3v) is 3.62. The molecule has 0 amide bonds. The number of nitrogens with one attached hydrogen (secondary N) is 2. The molecule has 27 heavy (non-hydrogen) atoms. The summed E-state index contributed by atoms with van der Waals surface area (Å²) in [5.41, 5.74) is 2.14. The number of anilines is 4. The lowest BCUT2D eigenvalue weighted by atomic mass is 10.2. The number of carboxylic acids is 2. The Morgan fingerprint density at radius 2 is 1.26 bits per heavy atom. The average Bonchev–Trinajstić information content (AvgIpc) is 2.62. The highest BCUT2D eigenvalue weighted by molar-refractivity contribution is 5.86. The number of carbonyl (C=O) groups excluding carboxylic acids is 2. The van der Waals surface area contributed by atoms with Crippen LogP contribution in [0.3, 0.4) is 0 Å². The Hall–Kier alpha value is -3.94. The van der Waals surface area contributed by atoms with Crippen molar-refractivity contribution in [3.63, 3.8) is 0 Å². The zero-order valence-electron chi connectivity index (χ0n) is 14.2. The molecule has 136 valence electrons. The summed E-state index contributed by atoms with van der Waals surface area (Å²) in [5, 5.41) is 27.7. The monoisotopic (exact) mass is 362 g/mol. The van der Waals surface area contributed by atoms with Gasteiger partial charge in [0.05, 0.1) is 11.9 Å². The van der Waals surface area contributed by atoms with E-state index in [0.29, 0.717) is 28.8 Å². The molecule has 0 bridgehead atoms. The van der Waals surface area contributed by atoms with E-state index < -0.39 is 11.9 Å². The van der Waals surface area contributed by atoms with E-state index in [4.69, 9.17) is 0 Å². The minimum Gasteiger partial charge on any atom is -0.545 e. The molecule has 1 heterocycles. The van der Waals surface area contributed by atoms with Crippen LogP contribution in [-0.2, 0) is 0 Å². The maximum atomic E-state index is 10.8. The van der Waals surface area contributed by atoms with Crippen LogP contribution in [-0.4, -0.2) is 21.9 Å². The normalized spacial score (nSPS) is 10.3. The molecule has 0 fully saturated rings. The zero-order chi connectivity index (χ0) is 19.4. The van der Waals surface area contributed by atoms with Crippen LogP contribution in [0.5, 0.6) is 0 Å². The van der Waals surface area contributed by atoms with E-state index in [1.165, 1.54) is 24.3 Å². The Morgan fingerprint density at radius 1 is 0.778 bits per heavy atom. The Bertz CT molecular complexity index is 908. The van der Waals surface area contributed by atoms with Gasteiger partial charge in [-0.1, -0.05) is 24.3 Å².